The van der Waals surface area contributed by atoms with Crippen LogP contribution in [0.1, 0.15) is 21.7 Å². The molecule has 0 spiro atoms. The van der Waals surface area contributed by atoms with Gasteiger partial charge in [-0.05, 0) is 37.1 Å². The summed E-state index contributed by atoms with van der Waals surface area (Å²) >= 11 is 0. The molecule has 2 aromatic heterocycles. The largest absolute Gasteiger partial charge is 0.489 e. The molecule has 1 fully saturated rings. The number of Topliss-reactive ketones (excluding diaryl/α,β-unsaturated/α-hetero) is 1. The van der Waals surface area contributed by atoms with Gasteiger partial charge in [-0.3, -0.25) is 9.59 Å². The van der Waals surface area contributed by atoms with E-state index in [2.05, 4.69) is 20.2 Å². The first kappa shape index (κ1) is 25.5. The second kappa shape index (κ2) is 10.1. The fourth-order valence-corrected chi connectivity index (χ4v) is 5.43. The zero-order valence-corrected chi connectivity index (χ0v) is 22.5. The van der Waals surface area contributed by atoms with Crippen LogP contribution < -0.4 is 19.9 Å². The lowest BCUT2D eigenvalue weighted by molar-refractivity contribution is -0.112. The van der Waals surface area contributed by atoms with E-state index in [1.165, 1.54) is 12.4 Å². The minimum Gasteiger partial charge on any atom is -0.489 e. The molecule has 4 heterocycles. The van der Waals surface area contributed by atoms with E-state index in [4.69, 9.17) is 4.74 Å². The zero-order valence-electron chi connectivity index (χ0n) is 22.5. The molecule has 40 heavy (non-hydrogen) atoms. The second-order valence-electron chi connectivity index (χ2n) is 10.2. The SMILES string of the molecule is Cc1cc2c(cc1NC(=O)C(=O)c1c(-c3ccccc3)cc(C)n1C)OCC1CN(c3ncc(F)cn3)CCN21. The Bertz CT molecular complexity index is 1600. The van der Waals surface area contributed by atoms with Crippen molar-refractivity contribution in [2.24, 2.45) is 7.05 Å². The second-order valence-corrected chi connectivity index (χ2v) is 10.2. The molecule has 0 aliphatic carbocycles. The lowest BCUT2D eigenvalue weighted by Gasteiger charge is -2.45. The molecule has 10 heteroatoms. The van der Waals surface area contributed by atoms with Crippen LogP contribution in [0.2, 0.25) is 0 Å². The monoisotopic (exact) mass is 540 g/mol. The number of hydrogen-bond acceptors (Lipinski definition) is 7. The first-order valence-corrected chi connectivity index (χ1v) is 13.1. The van der Waals surface area contributed by atoms with Gasteiger partial charge in [0, 0.05) is 49.7 Å². The number of aryl methyl sites for hydroxylation is 2. The maximum Gasteiger partial charge on any atom is 0.298 e. The summed E-state index contributed by atoms with van der Waals surface area (Å²) in [6.45, 7) is 6.26. The van der Waals surface area contributed by atoms with Gasteiger partial charge in [-0.25, -0.2) is 14.4 Å². The molecule has 0 bridgehead atoms. The molecule has 2 aromatic carbocycles. The van der Waals surface area contributed by atoms with E-state index in [0.29, 0.717) is 49.3 Å². The average molecular weight is 541 g/mol. The number of nitrogens with one attached hydrogen (secondary N) is 1. The Morgan fingerprint density at radius 2 is 1.80 bits per heavy atom. The zero-order chi connectivity index (χ0) is 28.0. The van der Waals surface area contributed by atoms with Crippen LogP contribution in [-0.4, -0.2) is 58.5 Å². The molecule has 4 aromatic rings. The Kier molecular flexibility index (Phi) is 6.45. The van der Waals surface area contributed by atoms with Crippen LogP contribution in [-0.2, 0) is 11.8 Å². The number of carbonyl (C=O) groups is 2. The number of carbonyl (C=O) groups excluding carboxylic acids is 2. The van der Waals surface area contributed by atoms with Crippen molar-refractivity contribution in [1.29, 1.82) is 0 Å². The van der Waals surface area contributed by atoms with E-state index in [1.54, 1.807) is 17.7 Å². The van der Waals surface area contributed by atoms with Gasteiger partial charge in [-0.15, -0.1) is 0 Å². The highest BCUT2D eigenvalue weighted by Crippen LogP contribution is 2.39. The molecule has 6 rings (SSSR count). The molecule has 1 amide bonds. The van der Waals surface area contributed by atoms with Gasteiger partial charge in [-0.1, -0.05) is 30.3 Å². The number of aromatic nitrogens is 3. The Morgan fingerprint density at radius 1 is 1.05 bits per heavy atom. The number of ether oxygens (including phenoxy) is 1. The number of benzene rings is 2. The molecule has 1 unspecified atom stereocenters. The standard InChI is InChI=1S/C30H29FN6O3/c1-18-11-25-26(40-17-22-16-36(9-10-37(22)25)30-32-14-21(31)15-33-30)13-24(18)34-29(39)28(38)27-23(12-19(2)35(27)3)20-7-5-4-6-8-20/h4-8,11-15,22H,9-10,16-17H2,1-3H3,(H,34,39). The Morgan fingerprint density at radius 3 is 2.55 bits per heavy atom. The highest BCUT2D eigenvalue weighted by molar-refractivity contribution is 6.47. The molecular weight excluding hydrogens is 511 g/mol. The topological polar surface area (TPSA) is 92.6 Å². The molecule has 1 atom stereocenters. The number of nitrogens with zero attached hydrogens (tertiary/aromatic N) is 5. The van der Waals surface area contributed by atoms with Crippen LogP contribution in [0.25, 0.3) is 11.1 Å². The molecule has 1 saturated heterocycles. The maximum absolute atomic E-state index is 13.4. The summed E-state index contributed by atoms with van der Waals surface area (Å²) in [6.07, 6.45) is 2.35. The minimum absolute atomic E-state index is 0.0633. The average Bonchev–Trinajstić information content (AvgIpc) is 3.27. The van der Waals surface area contributed by atoms with Crippen molar-refractivity contribution in [2.45, 2.75) is 19.9 Å². The predicted octanol–water partition coefficient (Wildman–Crippen LogP) is 4.15. The van der Waals surface area contributed by atoms with Gasteiger partial charge in [0.05, 0.1) is 24.1 Å². The molecule has 9 nitrogen and oxygen atoms in total. The van der Waals surface area contributed by atoms with Gasteiger partial charge in [0.1, 0.15) is 18.1 Å². The predicted molar refractivity (Wildman–Crippen MR) is 151 cm³/mol. The Hall–Kier alpha value is -4.73. The highest BCUT2D eigenvalue weighted by Gasteiger charge is 2.34. The van der Waals surface area contributed by atoms with E-state index >= 15 is 0 Å². The summed E-state index contributed by atoms with van der Waals surface area (Å²) < 4.78 is 21.1. The third-order valence-corrected chi connectivity index (χ3v) is 7.65. The minimum atomic E-state index is -0.706. The van der Waals surface area contributed by atoms with E-state index < -0.39 is 17.5 Å². The van der Waals surface area contributed by atoms with Gasteiger partial charge >= 0.3 is 0 Å². The van der Waals surface area contributed by atoms with Crippen molar-refractivity contribution in [2.75, 3.05) is 41.4 Å². The third-order valence-electron chi connectivity index (χ3n) is 7.65. The molecule has 204 valence electrons. The fourth-order valence-electron chi connectivity index (χ4n) is 5.43. The number of amides is 1. The van der Waals surface area contributed by atoms with Crippen LogP contribution in [0.15, 0.2) is 60.9 Å². The summed E-state index contributed by atoms with van der Waals surface area (Å²) in [6, 6.07) is 15.3. The molecule has 1 N–H and O–H groups in total. The Balaban J connectivity index is 1.21. The third kappa shape index (κ3) is 4.55. The number of anilines is 3. The normalized spacial score (nSPS) is 16.1. The van der Waals surface area contributed by atoms with Gasteiger partial charge < -0.3 is 24.4 Å². The Labute approximate surface area is 231 Å². The van der Waals surface area contributed by atoms with E-state index in [-0.39, 0.29) is 6.04 Å². The summed E-state index contributed by atoms with van der Waals surface area (Å²) in [5.74, 6) is -0.632. The highest BCUT2D eigenvalue weighted by atomic mass is 19.1. The molecule has 2 aliphatic heterocycles. The molecule has 0 radical (unpaired) electrons. The van der Waals surface area contributed by atoms with Crippen molar-refractivity contribution in [3.8, 4) is 16.9 Å². The summed E-state index contributed by atoms with van der Waals surface area (Å²) in [5.41, 5.74) is 5.11. The van der Waals surface area contributed by atoms with Crippen molar-refractivity contribution in [3.05, 3.63) is 83.7 Å². The van der Waals surface area contributed by atoms with E-state index in [0.717, 1.165) is 28.1 Å². The smallest absolute Gasteiger partial charge is 0.298 e. The van der Waals surface area contributed by atoms with Gasteiger partial charge in [-0.2, -0.15) is 0 Å². The van der Waals surface area contributed by atoms with Crippen molar-refractivity contribution in [1.82, 2.24) is 14.5 Å². The molecule has 0 saturated carbocycles. The lowest BCUT2D eigenvalue weighted by Crippen LogP contribution is -2.57. The van der Waals surface area contributed by atoms with Gasteiger partial charge in [0.15, 0.2) is 5.82 Å². The molecule has 2 aliphatic rings. The van der Waals surface area contributed by atoms with E-state index in [9.17, 15) is 14.0 Å². The summed E-state index contributed by atoms with van der Waals surface area (Å²) in [7, 11) is 1.79. The fraction of sp³-hybridized carbons (Fsp3) is 0.267. The number of ketones is 1. The number of halogens is 1. The molecular formula is C30H29FN6O3. The van der Waals surface area contributed by atoms with E-state index in [1.807, 2.05) is 61.2 Å². The number of hydrogen-bond donors (Lipinski definition) is 1. The first-order chi connectivity index (χ1) is 19.3. The van der Waals surface area contributed by atoms with Crippen LogP contribution in [0.5, 0.6) is 5.75 Å². The van der Waals surface area contributed by atoms with Gasteiger partial charge in [0.2, 0.25) is 5.95 Å². The quantitative estimate of drug-likeness (QED) is 0.300. The summed E-state index contributed by atoms with van der Waals surface area (Å²) in [4.78, 5) is 39.2. The lowest BCUT2D eigenvalue weighted by atomic mass is 10.0. The number of rotatable bonds is 5. The van der Waals surface area contributed by atoms with Crippen molar-refractivity contribution >= 4 is 29.0 Å². The number of fused-ring (bicyclic) bond motifs is 3. The van der Waals surface area contributed by atoms with Crippen LogP contribution in [0, 0.1) is 19.7 Å². The van der Waals surface area contributed by atoms with Crippen LogP contribution in [0.3, 0.4) is 0 Å². The van der Waals surface area contributed by atoms with Crippen LogP contribution in [0.4, 0.5) is 21.7 Å². The van der Waals surface area contributed by atoms with Crippen LogP contribution >= 0.6 is 0 Å². The first-order valence-electron chi connectivity index (χ1n) is 13.1. The van der Waals surface area contributed by atoms with Crippen molar-refractivity contribution in [3.63, 3.8) is 0 Å². The van der Waals surface area contributed by atoms with Crippen molar-refractivity contribution < 1.29 is 18.7 Å². The maximum atomic E-state index is 13.4. The number of piperazine rings is 1. The summed E-state index contributed by atoms with van der Waals surface area (Å²) in [5, 5.41) is 2.82. The van der Waals surface area contributed by atoms with Gasteiger partial charge in [0.25, 0.3) is 11.7 Å².